The normalized spacial score (nSPS) is 12.0. The van der Waals surface area contributed by atoms with Crippen molar-refractivity contribution in [3.05, 3.63) is 65.2 Å². The van der Waals surface area contributed by atoms with Gasteiger partial charge in [0.15, 0.2) is 0 Å². The Bertz CT molecular complexity index is 810. The van der Waals surface area contributed by atoms with Crippen molar-refractivity contribution in [2.75, 3.05) is 7.11 Å². The van der Waals surface area contributed by atoms with E-state index in [0.29, 0.717) is 11.1 Å². The molecule has 2 N–H and O–H groups in total. The summed E-state index contributed by atoms with van der Waals surface area (Å²) < 4.78 is 10.4. The molecule has 0 heterocycles. The summed E-state index contributed by atoms with van der Waals surface area (Å²) in [4.78, 5) is 24.7. The summed E-state index contributed by atoms with van der Waals surface area (Å²) >= 11 is 0. The van der Waals surface area contributed by atoms with Crippen LogP contribution >= 0.6 is 0 Å². The molecule has 0 aromatic heterocycles. The Kier molecular flexibility index (Phi) is 7.04. The second kappa shape index (κ2) is 9.26. The number of ether oxygens (including phenoxy) is 2. The Morgan fingerprint density at radius 1 is 1.04 bits per heavy atom. The van der Waals surface area contributed by atoms with E-state index in [1.165, 1.54) is 0 Å². The number of rotatable bonds is 6. The lowest BCUT2D eigenvalue weighted by atomic mass is 10.0. The van der Waals surface area contributed by atoms with Gasteiger partial charge in [0.25, 0.3) is 5.91 Å². The number of amides is 2. The second-order valence-electron chi connectivity index (χ2n) is 7.48. The van der Waals surface area contributed by atoms with Crippen molar-refractivity contribution in [2.45, 2.75) is 45.9 Å². The van der Waals surface area contributed by atoms with E-state index in [1.54, 1.807) is 40.0 Å². The van der Waals surface area contributed by atoms with E-state index in [9.17, 15) is 9.59 Å². The van der Waals surface area contributed by atoms with E-state index >= 15 is 0 Å². The summed E-state index contributed by atoms with van der Waals surface area (Å²) in [5.41, 5.74) is 1.62. The highest BCUT2D eigenvalue weighted by Crippen LogP contribution is 2.18. The number of carbonyl (C=O) groups excluding carboxylic acids is 2. The van der Waals surface area contributed by atoms with Gasteiger partial charge in [0.05, 0.1) is 13.2 Å². The van der Waals surface area contributed by atoms with Crippen molar-refractivity contribution in [2.24, 2.45) is 0 Å². The second-order valence-corrected chi connectivity index (χ2v) is 7.48. The molecule has 0 radical (unpaired) electrons. The van der Waals surface area contributed by atoms with Gasteiger partial charge in [-0.25, -0.2) is 4.79 Å². The van der Waals surface area contributed by atoms with Gasteiger partial charge >= 0.3 is 6.09 Å². The number of hydrogen-bond acceptors (Lipinski definition) is 4. The van der Waals surface area contributed by atoms with Crippen molar-refractivity contribution < 1.29 is 19.1 Å². The summed E-state index contributed by atoms with van der Waals surface area (Å²) in [5, 5.41) is 5.69. The first-order valence-electron chi connectivity index (χ1n) is 9.19. The van der Waals surface area contributed by atoms with Crippen LogP contribution in [0.2, 0.25) is 0 Å². The van der Waals surface area contributed by atoms with Crippen LogP contribution in [0, 0.1) is 0 Å². The van der Waals surface area contributed by atoms with Gasteiger partial charge in [-0.3, -0.25) is 4.79 Å². The molecule has 6 nitrogen and oxygen atoms in total. The molecule has 0 unspecified atom stereocenters. The predicted molar refractivity (Wildman–Crippen MR) is 108 cm³/mol. The number of alkyl carbamates (subject to hydrolysis) is 1. The molecule has 0 aliphatic heterocycles. The molecule has 150 valence electrons. The molecule has 0 spiro atoms. The molecule has 0 aliphatic carbocycles. The summed E-state index contributed by atoms with van der Waals surface area (Å²) in [7, 11) is 1.61. The quantitative estimate of drug-likeness (QED) is 0.782. The SMILES string of the molecule is COc1ccc([C@H](C)NC(=O)c2ccccc2CNC(=O)OC(C)(C)C)cc1. The molecule has 2 aromatic rings. The van der Waals surface area contributed by atoms with Crippen molar-refractivity contribution in [1.29, 1.82) is 0 Å². The third-order valence-corrected chi connectivity index (χ3v) is 4.05. The monoisotopic (exact) mass is 384 g/mol. The summed E-state index contributed by atoms with van der Waals surface area (Å²) in [6.45, 7) is 7.52. The molecule has 0 bridgehead atoms. The molecule has 0 aliphatic rings. The first-order valence-corrected chi connectivity index (χ1v) is 9.19. The van der Waals surface area contributed by atoms with Crippen LogP contribution in [-0.2, 0) is 11.3 Å². The first-order chi connectivity index (χ1) is 13.2. The van der Waals surface area contributed by atoms with Crippen LogP contribution in [0.4, 0.5) is 4.79 Å². The van der Waals surface area contributed by atoms with Crippen molar-refractivity contribution in [3.63, 3.8) is 0 Å². The Hall–Kier alpha value is -3.02. The van der Waals surface area contributed by atoms with Crippen LogP contribution in [-0.4, -0.2) is 24.7 Å². The Morgan fingerprint density at radius 3 is 2.29 bits per heavy atom. The van der Waals surface area contributed by atoms with Gasteiger partial charge in [-0.15, -0.1) is 0 Å². The van der Waals surface area contributed by atoms with Crippen LogP contribution in [0.25, 0.3) is 0 Å². The van der Waals surface area contributed by atoms with Gasteiger partial charge in [0.2, 0.25) is 0 Å². The molecule has 6 heteroatoms. The zero-order valence-electron chi connectivity index (χ0n) is 17.0. The topological polar surface area (TPSA) is 76.7 Å². The highest BCUT2D eigenvalue weighted by Gasteiger charge is 2.18. The maximum absolute atomic E-state index is 12.8. The molecule has 0 saturated heterocycles. The highest BCUT2D eigenvalue weighted by atomic mass is 16.6. The van der Waals surface area contributed by atoms with Crippen LogP contribution in [0.1, 0.15) is 55.2 Å². The molecule has 2 rings (SSSR count). The molecule has 2 amide bonds. The lowest BCUT2D eigenvalue weighted by molar-refractivity contribution is 0.0522. The van der Waals surface area contributed by atoms with Gasteiger partial charge < -0.3 is 20.1 Å². The van der Waals surface area contributed by atoms with Gasteiger partial charge in [-0.1, -0.05) is 30.3 Å². The summed E-state index contributed by atoms with van der Waals surface area (Å²) in [5.74, 6) is 0.561. The number of benzene rings is 2. The van der Waals surface area contributed by atoms with Gasteiger partial charge in [0, 0.05) is 12.1 Å². The summed E-state index contributed by atoms with van der Waals surface area (Å²) in [6, 6.07) is 14.5. The molecular formula is C22H28N2O4. The predicted octanol–water partition coefficient (Wildman–Crippen LogP) is 4.21. The molecular weight excluding hydrogens is 356 g/mol. The van der Waals surface area contributed by atoms with E-state index in [1.807, 2.05) is 43.3 Å². The zero-order valence-corrected chi connectivity index (χ0v) is 17.0. The zero-order chi connectivity index (χ0) is 20.7. The summed E-state index contributed by atoms with van der Waals surface area (Å²) in [6.07, 6.45) is -0.519. The van der Waals surface area contributed by atoms with Crippen LogP contribution in [0.15, 0.2) is 48.5 Å². The van der Waals surface area contributed by atoms with Gasteiger partial charge in [0.1, 0.15) is 11.4 Å². The van der Waals surface area contributed by atoms with Crippen molar-refractivity contribution >= 4 is 12.0 Å². The molecule has 2 aromatic carbocycles. The Labute approximate surface area is 166 Å². The standard InChI is InChI=1S/C22H28N2O4/c1-15(16-10-12-18(27-5)13-11-16)24-20(25)19-9-7-6-8-17(19)14-23-21(26)28-22(2,3)4/h6-13,15H,14H2,1-5H3,(H,23,26)(H,24,25)/t15-/m0/s1. The first kappa shape index (κ1) is 21.3. The highest BCUT2D eigenvalue weighted by molar-refractivity contribution is 5.96. The van der Waals surface area contributed by atoms with Crippen molar-refractivity contribution in [3.8, 4) is 5.75 Å². The molecule has 0 saturated carbocycles. The van der Waals surface area contributed by atoms with Crippen LogP contribution in [0.5, 0.6) is 5.75 Å². The fourth-order valence-electron chi connectivity index (χ4n) is 2.63. The van der Waals surface area contributed by atoms with E-state index in [4.69, 9.17) is 9.47 Å². The minimum Gasteiger partial charge on any atom is -0.497 e. The third kappa shape index (κ3) is 6.30. The molecule has 0 fully saturated rings. The maximum Gasteiger partial charge on any atom is 0.407 e. The lowest BCUT2D eigenvalue weighted by Crippen LogP contribution is -2.33. The Balaban J connectivity index is 2.03. The van der Waals surface area contributed by atoms with Gasteiger partial charge in [-0.2, -0.15) is 0 Å². The largest absolute Gasteiger partial charge is 0.497 e. The maximum atomic E-state index is 12.8. The molecule has 28 heavy (non-hydrogen) atoms. The van der Waals surface area contributed by atoms with Crippen molar-refractivity contribution in [1.82, 2.24) is 10.6 Å². The van der Waals surface area contributed by atoms with Crippen LogP contribution < -0.4 is 15.4 Å². The van der Waals surface area contributed by atoms with Crippen LogP contribution in [0.3, 0.4) is 0 Å². The van der Waals surface area contributed by atoms with E-state index in [-0.39, 0.29) is 18.5 Å². The minimum absolute atomic E-state index is 0.176. The van der Waals surface area contributed by atoms with E-state index in [2.05, 4.69) is 10.6 Å². The number of nitrogens with one attached hydrogen (secondary N) is 2. The fraction of sp³-hybridized carbons (Fsp3) is 0.364. The fourth-order valence-corrected chi connectivity index (χ4v) is 2.63. The number of methoxy groups -OCH3 is 1. The van der Waals surface area contributed by atoms with E-state index in [0.717, 1.165) is 11.3 Å². The average Bonchev–Trinajstić information content (AvgIpc) is 2.65. The third-order valence-electron chi connectivity index (χ3n) is 4.05. The lowest BCUT2D eigenvalue weighted by Gasteiger charge is -2.20. The number of hydrogen-bond donors (Lipinski definition) is 2. The average molecular weight is 384 g/mol. The minimum atomic E-state index is -0.575. The Morgan fingerprint density at radius 2 is 1.68 bits per heavy atom. The van der Waals surface area contributed by atoms with Gasteiger partial charge in [-0.05, 0) is 57.0 Å². The molecule has 1 atom stereocenters. The smallest absolute Gasteiger partial charge is 0.407 e. The number of carbonyl (C=O) groups is 2. The van der Waals surface area contributed by atoms with E-state index < -0.39 is 11.7 Å².